The van der Waals surface area contributed by atoms with Crippen LogP contribution in [-0.4, -0.2) is 63.4 Å². The molecular formula is C20H25N3O4. The van der Waals surface area contributed by atoms with Gasteiger partial charge in [0.25, 0.3) is 5.91 Å². The van der Waals surface area contributed by atoms with Crippen LogP contribution in [0.3, 0.4) is 0 Å². The number of carboxylic acids is 1. The monoisotopic (exact) mass is 371 g/mol. The lowest BCUT2D eigenvalue weighted by Gasteiger charge is -2.39. The van der Waals surface area contributed by atoms with E-state index in [9.17, 15) is 19.5 Å². The summed E-state index contributed by atoms with van der Waals surface area (Å²) in [6.45, 7) is 3.58. The maximum Gasteiger partial charge on any atom is 0.326 e. The van der Waals surface area contributed by atoms with E-state index in [2.05, 4.69) is 4.98 Å². The van der Waals surface area contributed by atoms with Gasteiger partial charge in [0.15, 0.2) is 0 Å². The van der Waals surface area contributed by atoms with Crippen LogP contribution in [0.2, 0.25) is 0 Å². The molecule has 1 spiro atoms. The van der Waals surface area contributed by atoms with Gasteiger partial charge in [0.2, 0.25) is 5.91 Å². The Morgan fingerprint density at radius 3 is 2.52 bits per heavy atom. The van der Waals surface area contributed by atoms with E-state index in [1.807, 2.05) is 17.9 Å². The largest absolute Gasteiger partial charge is 0.480 e. The summed E-state index contributed by atoms with van der Waals surface area (Å²) in [4.78, 5) is 44.5. The summed E-state index contributed by atoms with van der Waals surface area (Å²) in [7, 11) is 0. The molecule has 1 N–H and O–H groups in total. The van der Waals surface area contributed by atoms with E-state index >= 15 is 0 Å². The van der Waals surface area contributed by atoms with Gasteiger partial charge in [-0.2, -0.15) is 0 Å². The van der Waals surface area contributed by atoms with E-state index in [1.54, 1.807) is 17.3 Å². The Kier molecular flexibility index (Phi) is 4.40. The highest BCUT2D eigenvalue weighted by Gasteiger charge is 2.52. The summed E-state index contributed by atoms with van der Waals surface area (Å²) in [6, 6.07) is 1.11. The van der Waals surface area contributed by atoms with Crippen molar-refractivity contribution in [3.05, 3.63) is 29.6 Å². The third-order valence-corrected chi connectivity index (χ3v) is 6.38. The maximum atomic E-state index is 12.8. The number of rotatable bonds is 3. The Labute approximate surface area is 158 Å². The minimum absolute atomic E-state index is 0.00349. The molecule has 1 unspecified atom stereocenters. The smallest absolute Gasteiger partial charge is 0.326 e. The number of hydrogen-bond acceptors (Lipinski definition) is 4. The number of carbonyl (C=O) groups is 3. The first-order valence-corrected chi connectivity index (χ1v) is 9.63. The van der Waals surface area contributed by atoms with E-state index in [1.165, 1.54) is 0 Å². The first-order valence-electron chi connectivity index (χ1n) is 9.63. The summed E-state index contributed by atoms with van der Waals surface area (Å²) in [5, 5.41) is 9.60. The van der Waals surface area contributed by atoms with Crippen LogP contribution in [0.1, 0.15) is 48.0 Å². The zero-order chi connectivity index (χ0) is 19.2. The average Bonchev–Trinajstić information content (AvgIpc) is 3.44. The van der Waals surface area contributed by atoms with Crippen molar-refractivity contribution in [3.63, 3.8) is 0 Å². The van der Waals surface area contributed by atoms with E-state index < -0.39 is 12.0 Å². The molecule has 144 valence electrons. The van der Waals surface area contributed by atoms with Crippen LogP contribution in [0.15, 0.2) is 18.5 Å². The first kappa shape index (κ1) is 17.9. The van der Waals surface area contributed by atoms with Crippen molar-refractivity contribution >= 4 is 17.8 Å². The Morgan fingerprint density at radius 2 is 1.93 bits per heavy atom. The number of aromatic nitrogens is 1. The third-order valence-electron chi connectivity index (χ3n) is 6.38. The van der Waals surface area contributed by atoms with Gasteiger partial charge >= 0.3 is 5.97 Å². The van der Waals surface area contributed by atoms with Crippen molar-refractivity contribution in [1.82, 2.24) is 14.8 Å². The Morgan fingerprint density at radius 1 is 1.22 bits per heavy atom. The van der Waals surface area contributed by atoms with Crippen LogP contribution >= 0.6 is 0 Å². The second-order valence-corrected chi connectivity index (χ2v) is 8.28. The van der Waals surface area contributed by atoms with Gasteiger partial charge in [0, 0.05) is 37.9 Å². The van der Waals surface area contributed by atoms with Gasteiger partial charge in [-0.15, -0.1) is 0 Å². The number of amides is 2. The van der Waals surface area contributed by atoms with Gasteiger partial charge in [-0.05, 0) is 56.1 Å². The lowest BCUT2D eigenvalue weighted by molar-refractivity contribution is -0.148. The molecule has 1 aromatic rings. The van der Waals surface area contributed by atoms with Gasteiger partial charge in [0.05, 0.1) is 5.56 Å². The predicted octanol–water partition coefficient (Wildman–Crippen LogP) is 1.71. The van der Waals surface area contributed by atoms with Crippen LogP contribution in [0.4, 0.5) is 0 Å². The molecule has 1 aromatic heterocycles. The number of piperidine rings is 1. The van der Waals surface area contributed by atoms with Gasteiger partial charge in [-0.3, -0.25) is 14.6 Å². The van der Waals surface area contributed by atoms with Crippen LogP contribution < -0.4 is 0 Å². The average molecular weight is 371 g/mol. The number of aliphatic carboxylic acids is 1. The van der Waals surface area contributed by atoms with Gasteiger partial charge in [0.1, 0.15) is 6.04 Å². The third kappa shape index (κ3) is 3.31. The first-order chi connectivity index (χ1) is 12.9. The molecule has 3 fully saturated rings. The second kappa shape index (κ2) is 6.62. The summed E-state index contributed by atoms with van der Waals surface area (Å²) < 4.78 is 0. The van der Waals surface area contributed by atoms with E-state index in [0.29, 0.717) is 31.6 Å². The molecule has 1 atom stereocenters. The Hall–Kier alpha value is -2.44. The number of pyridine rings is 1. The molecule has 7 heteroatoms. The summed E-state index contributed by atoms with van der Waals surface area (Å²) >= 11 is 0. The molecule has 27 heavy (non-hydrogen) atoms. The van der Waals surface area contributed by atoms with Crippen molar-refractivity contribution in [3.8, 4) is 0 Å². The topological polar surface area (TPSA) is 90.8 Å². The predicted molar refractivity (Wildman–Crippen MR) is 97.0 cm³/mol. The van der Waals surface area contributed by atoms with Crippen LogP contribution in [0, 0.1) is 18.3 Å². The number of nitrogens with zero attached hydrogens (tertiary/aromatic N) is 3. The SMILES string of the molecule is Cc1ccncc1C(=O)N1CCC2(CC1)CC(C(=O)O)N(C(=O)C1CC1)C2. The van der Waals surface area contributed by atoms with Crippen LogP contribution in [-0.2, 0) is 9.59 Å². The normalized spacial score (nSPS) is 24.3. The van der Waals surface area contributed by atoms with Crippen molar-refractivity contribution in [1.29, 1.82) is 0 Å². The van der Waals surface area contributed by atoms with Crippen molar-refractivity contribution in [2.24, 2.45) is 11.3 Å². The molecule has 0 radical (unpaired) electrons. The second-order valence-electron chi connectivity index (χ2n) is 8.28. The van der Waals surface area contributed by atoms with E-state index in [4.69, 9.17) is 0 Å². The molecule has 4 rings (SSSR count). The number of carbonyl (C=O) groups excluding carboxylic acids is 2. The molecule has 3 heterocycles. The molecule has 0 bridgehead atoms. The number of carboxylic acid groups (broad SMARTS) is 1. The highest BCUT2D eigenvalue weighted by molar-refractivity contribution is 5.95. The standard InChI is InChI=1S/C20H25N3O4/c1-13-4-7-21-11-15(13)18(25)22-8-5-20(6-9-22)10-16(19(26)27)23(12-20)17(24)14-2-3-14/h4,7,11,14,16H,2-3,5-6,8-10,12H2,1H3,(H,26,27). The van der Waals surface area contributed by atoms with E-state index in [-0.39, 0.29) is 23.1 Å². The fourth-order valence-corrected chi connectivity index (χ4v) is 4.48. The molecule has 7 nitrogen and oxygen atoms in total. The molecule has 1 saturated carbocycles. The summed E-state index contributed by atoms with van der Waals surface area (Å²) in [6.07, 6.45) is 6.99. The van der Waals surface area contributed by atoms with E-state index in [0.717, 1.165) is 31.2 Å². The minimum Gasteiger partial charge on any atom is -0.480 e. The molecule has 3 aliphatic rings. The Bertz CT molecular complexity index is 781. The van der Waals surface area contributed by atoms with Gasteiger partial charge in [-0.25, -0.2) is 4.79 Å². The quantitative estimate of drug-likeness (QED) is 0.873. The fraction of sp³-hybridized carbons (Fsp3) is 0.600. The van der Waals surface area contributed by atoms with Crippen molar-refractivity contribution in [2.45, 2.75) is 45.1 Å². The number of likely N-dealkylation sites (tertiary alicyclic amines) is 2. The van der Waals surface area contributed by atoms with Gasteiger partial charge in [-0.1, -0.05) is 0 Å². The van der Waals surface area contributed by atoms with Crippen molar-refractivity contribution < 1.29 is 19.5 Å². The molecule has 2 amide bonds. The summed E-state index contributed by atoms with van der Waals surface area (Å²) in [5.74, 6) is -0.902. The maximum absolute atomic E-state index is 12.8. The zero-order valence-electron chi connectivity index (χ0n) is 15.6. The highest BCUT2D eigenvalue weighted by atomic mass is 16.4. The lowest BCUT2D eigenvalue weighted by atomic mass is 9.76. The molecule has 2 aliphatic heterocycles. The van der Waals surface area contributed by atoms with Gasteiger partial charge < -0.3 is 14.9 Å². The zero-order valence-corrected chi connectivity index (χ0v) is 15.6. The minimum atomic E-state index is -0.912. The number of hydrogen-bond donors (Lipinski definition) is 1. The molecule has 1 aliphatic carbocycles. The number of aryl methyl sites for hydroxylation is 1. The van der Waals surface area contributed by atoms with Crippen LogP contribution in [0.5, 0.6) is 0 Å². The molecular weight excluding hydrogens is 346 g/mol. The highest BCUT2D eigenvalue weighted by Crippen LogP contribution is 2.45. The molecule has 2 saturated heterocycles. The summed E-state index contributed by atoms with van der Waals surface area (Å²) in [5.41, 5.74) is 1.34. The van der Waals surface area contributed by atoms with Crippen LogP contribution in [0.25, 0.3) is 0 Å². The molecule has 0 aromatic carbocycles. The fourth-order valence-electron chi connectivity index (χ4n) is 4.48. The van der Waals surface area contributed by atoms with Crippen molar-refractivity contribution in [2.75, 3.05) is 19.6 Å². The Balaban J connectivity index is 1.45. The lowest BCUT2D eigenvalue weighted by Crippen LogP contribution is -2.45.